The Bertz CT molecular complexity index is 561. The Morgan fingerprint density at radius 1 is 0.913 bits per heavy atom. The van der Waals surface area contributed by atoms with Crippen LogP contribution in [-0.2, 0) is 6.42 Å². The molecule has 0 spiro atoms. The van der Waals surface area contributed by atoms with E-state index in [0.29, 0.717) is 5.92 Å². The molecule has 2 aromatic rings. The number of rotatable bonds is 6. The molecule has 0 bridgehead atoms. The summed E-state index contributed by atoms with van der Waals surface area (Å²) in [6.45, 7) is 3.48. The highest BCUT2D eigenvalue weighted by Gasteiger charge is 2.22. The van der Waals surface area contributed by atoms with Crippen molar-refractivity contribution in [3.63, 3.8) is 0 Å². The summed E-state index contributed by atoms with van der Waals surface area (Å²) in [5, 5.41) is 10.4. The molecule has 0 radical (unpaired) electrons. The van der Waals surface area contributed by atoms with E-state index < -0.39 is 0 Å². The lowest BCUT2D eigenvalue weighted by atomic mass is 9.89. The molecule has 2 aromatic carbocycles. The molecular weight excluding hydrogens is 282 g/mol. The standard InChI is InChI=1S/C21H27NO/c23-21(20-9-5-2-6-10-20)17-19-12-15-22(16-13-19)14-11-18-7-3-1-4-8-18/h1-10,19,21,23H,11-17H2. The molecule has 0 amide bonds. The van der Waals surface area contributed by atoms with E-state index in [-0.39, 0.29) is 6.10 Å². The Kier molecular flexibility index (Phi) is 5.84. The van der Waals surface area contributed by atoms with Gasteiger partial charge in [-0.25, -0.2) is 0 Å². The minimum Gasteiger partial charge on any atom is -0.388 e. The quantitative estimate of drug-likeness (QED) is 0.869. The molecule has 1 aliphatic rings. The van der Waals surface area contributed by atoms with Crippen LogP contribution in [-0.4, -0.2) is 29.6 Å². The number of benzene rings is 2. The lowest BCUT2D eigenvalue weighted by Crippen LogP contribution is -2.35. The Labute approximate surface area is 139 Å². The van der Waals surface area contributed by atoms with Crippen LogP contribution in [0.1, 0.15) is 36.5 Å². The highest BCUT2D eigenvalue weighted by atomic mass is 16.3. The molecule has 1 aliphatic heterocycles. The Balaban J connectivity index is 1.40. The van der Waals surface area contributed by atoms with Crippen molar-refractivity contribution in [3.8, 4) is 0 Å². The molecule has 2 heteroatoms. The van der Waals surface area contributed by atoms with Gasteiger partial charge in [-0.2, -0.15) is 0 Å². The van der Waals surface area contributed by atoms with Gasteiger partial charge in [-0.05, 0) is 55.8 Å². The van der Waals surface area contributed by atoms with Crippen molar-refractivity contribution in [3.05, 3.63) is 71.8 Å². The molecule has 1 N–H and O–H groups in total. The van der Waals surface area contributed by atoms with Crippen molar-refractivity contribution in [2.24, 2.45) is 5.92 Å². The smallest absolute Gasteiger partial charge is 0.0792 e. The fourth-order valence-electron chi connectivity index (χ4n) is 3.50. The molecule has 122 valence electrons. The van der Waals surface area contributed by atoms with Crippen LogP contribution in [0.25, 0.3) is 0 Å². The summed E-state index contributed by atoms with van der Waals surface area (Å²) in [5.74, 6) is 0.651. The highest BCUT2D eigenvalue weighted by molar-refractivity contribution is 5.17. The van der Waals surface area contributed by atoms with Gasteiger partial charge in [0, 0.05) is 6.54 Å². The first-order valence-electron chi connectivity index (χ1n) is 8.80. The average Bonchev–Trinajstić information content (AvgIpc) is 2.63. The van der Waals surface area contributed by atoms with Crippen LogP contribution in [0.15, 0.2) is 60.7 Å². The first-order valence-corrected chi connectivity index (χ1v) is 8.80. The van der Waals surface area contributed by atoms with Crippen molar-refractivity contribution in [2.45, 2.75) is 31.8 Å². The second-order valence-electron chi connectivity index (χ2n) is 6.68. The third-order valence-corrected chi connectivity index (χ3v) is 5.01. The van der Waals surface area contributed by atoms with Crippen LogP contribution < -0.4 is 0 Å². The van der Waals surface area contributed by atoms with Crippen LogP contribution in [0.5, 0.6) is 0 Å². The van der Waals surface area contributed by atoms with E-state index in [1.807, 2.05) is 30.3 Å². The zero-order chi connectivity index (χ0) is 15.9. The summed E-state index contributed by atoms with van der Waals surface area (Å²) >= 11 is 0. The maximum absolute atomic E-state index is 10.4. The van der Waals surface area contributed by atoms with Crippen molar-refractivity contribution in [1.29, 1.82) is 0 Å². The Morgan fingerprint density at radius 3 is 2.17 bits per heavy atom. The molecular formula is C21H27NO. The molecule has 3 rings (SSSR count). The summed E-state index contributed by atoms with van der Waals surface area (Å²) in [4.78, 5) is 2.57. The number of aliphatic hydroxyl groups is 1. The number of hydrogen-bond acceptors (Lipinski definition) is 2. The minimum atomic E-state index is -0.308. The predicted octanol–water partition coefficient (Wildman–Crippen LogP) is 4.06. The van der Waals surface area contributed by atoms with E-state index in [2.05, 4.69) is 35.2 Å². The molecule has 0 aliphatic carbocycles. The first kappa shape index (κ1) is 16.2. The van der Waals surface area contributed by atoms with E-state index in [1.54, 1.807) is 0 Å². The number of piperidine rings is 1. The van der Waals surface area contributed by atoms with Gasteiger partial charge in [0.15, 0.2) is 0 Å². The topological polar surface area (TPSA) is 23.5 Å². The fraction of sp³-hybridized carbons (Fsp3) is 0.429. The summed E-state index contributed by atoms with van der Waals surface area (Å²) in [7, 11) is 0. The first-order chi connectivity index (χ1) is 11.3. The van der Waals surface area contributed by atoms with Gasteiger partial charge in [-0.1, -0.05) is 60.7 Å². The normalized spacial score (nSPS) is 18.0. The van der Waals surface area contributed by atoms with Crippen molar-refractivity contribution >= 4 is 0 Å². The maximum Gasteiger partial charge on any atom is 0.0792 e. The molecule has 1 saturated heterocycles. The fourth-order valence-corrected chi connectivity index (χ4v) is 3.50. The highest BCUT2D eigenvalue weighted by Crippen LogP contribution is 2.28. The van der Waals surface area contributed by atoms with Gasteiger partial charge in [0.25, 0.3) is 0 Å². The van der Waals surface area contributed by atoms with Crippen molar-refractivity contribution in [1.82, 2.24) is 4.90 Å². The molecule has 0 aromatic heterocycles. The predicted molar refractivity (Wildman–Crippen MR) is 95.3 cm³/mol. The number of hydrogen-bond donors (Lipinski definition) is 1. The lowest BCUT2D eigenvalue weighted by molar-refractivity contribution is 0.108. The van der Waals surface area contributed by atoms with Gasteiger partial charge in [0.05, 0.1) is 6.10 Å². The Morgan fingerprint density at radius 2 is 1.52 bits per heavy atom. The summed E-state index contributed by atoms with van der Waals surface area (Å²) in [6.07, 6.45) is 4.14. The second kappa shape index (κ2) is 8.28. The third kappa shape index (κ3) is 4.92. The van der Waals surface area contributed by atoms with Crippen molar-refractivity contribution in [2.75, 3.05) is 19.6 Å². The van der Waals surface area contributed by atoms with Gasteiger partial charge >= 0.3 is 0 Å². The van der Waals surface area contributed by atoms with E-state index >= 15 is 0 Å². The van der Waals surface area contributed by atoms with Crippen LogP contribution in [0.4, 0.5) is 0 Å². The van der Waals surface area contributed by atoms with Crippen LogP contribution in [0.2, 0.25) is 0 Å². The van der Waals surface area contributed by atoms with Crippen LogP contribution >= 0.6 is 0 Å². The van der Waals surface area contributed by atoms with E-state index in [4.69, 9.17) is 0 Å². The molecule has 2 nitrogen and oxygen atoms in total. The van der Waals surface area contributed by atoms with E-state index in [1.165, 1.54) is 31.5 Å². The van der Waals surface area contributed by atoms with Gasteiger partial charge in [0.2, 0.25) is 0 Å². The lowest BCUT2D eigenvalue weighted by Gasteiger charge is -2.33. The largest absolute Gasteiger partial charge is 0.388 e. The average molecular weight is 309 g/mol. The SMILES string of the molecule is OC(CC1CCN(CCc2ccccc2)CC1)c1ccccc1. The van der Waals surface area contributed by atoms with Gasteiger partial charge in [0.1, 0.15) is 0 Å². The maximum atomic E-state index is 10.4. The van der Waals surface area contributed by atoms with Gasteiger partial charge < -0.3 is 10.0 Å². The van der Waals surface area contributed by atoms with Crippen molar-refractivity contribution < 1.29 is 5.11 Å². The zero-order valence-corrected chi connectivity index (χ0v) is 13.8. The molecule has 1 heterocycles. The number of aliphatic hydroxyl groups excluding tert-OH is 1. The monoisotopic (exact) mass is 309 g/mol. The summed E-state index contributed by atoms with van der Waals surface area (Å²) in [5.41, 5.74) is 2.48. The van der Waals surface area contributed by atoms with Crippen LogP contribution in [0, 0.1) is 5.92 Å². The van der Waals surface area contributed by atoms with Crippen LogP contribution in [0.3, 0.4) is 0 Å². The van der Waals surface area contributed by atoms with Gasteiger partial charge in [-0.3, -0.25) is 0 Å². The molecule has 1 fully saturated rings. The zero-order valence-electron chi connectivity index (χ0n) is 13.8. The minimum absolute atomic E-state index is 0.308. The summed E-state index contributed by atoms with van der Waals surface area (Å²) < 4.78 is 0. The Hall–Kier alpha value is -1.64. The van der Waals surface area contributed by atoms with E-state index in [0.717, 1.165) is 24.9 Å². The molecule has 0 saturated carbocycles. The number of likely N-dealkylation sites (tertiary alicyclic amines) is 1. The molecule has 1 atom stereocenters. The summed E-state index contributed by atoms with van der Waals surface area (Å²) in [6, 6.07) is 20.8. The molecule has 1 unspecified atom stereocenters. The van der Waals surface area contributed by atoms with Gasteiger partial charge in [-0.15, -0.1) is 0 Å². The number of nitrogens with zero attached hydrogens (tertiary/aromatic N) is 1. The molecule has 23 heavy (non-hydrogen) atoms. The second-order valence-corrected chi connectivity index (χ2v) is 6.68. The van der Waals surface area contributed by atoms with E-state index in [9.17, 15) is 5.11 Å². The third-order valence-electron chi connectivity index (χ3n) is 5.01.